The molecule has 2 aliphatic heterocycles. The topological polar surface area (TPSA) is 89.0 Å². The molecule has 9 heteroatoms. The Kier molecular flexibility index (Phi) is 6.27. The number of likely N-dealkylation sites (tertiary alicyclic amines) is 1. The van der Waals surface area contributed by atoms with E-state index >= 15 is 0 Å². The third-order valence-corrected chi connectivity index (χ3v) is 7.95. The fourth-order valence-corrected chi connectivity index (χ4v) is 5.87. The standard InChI is InChI=1S/C22H27N3O5S/c1-29-21(26)15-25-16-22(17-30-19-4-2-3-5-20(19)31(25,27)28)8-12-24(13-9-22)14-18-6-10-23-11-7-18/h2-7,10-11H,8-9,12-17H2,1H3. The van der Waals surface area contributed by atoms with Gasteiger partial charge in [0, 0.05) is 30.9 Å². The molecule has 1 aromatic carbocycles. The fourth-order valence-electron chi connectivity index (χ4n) is 4.24. The van der Waals surface area contributed by atoms with E-state index in [2.05, 4.69) is 9.88 Å². The lowest BCUT2D eigenvalue weighted by Gasteiger charge is -2.44. The minimum absolute atomic E-state index is 0.0869. The number of sulfonamides is 1. The van der Waals surface area contributed by atoms with Gasteiger partial charge in [-0.15, -0.1) is 0 Å². The van der Waals surface area contributed by atoms with E-state index in [9.17, 15) is 13.2 Å². The van der Waals surface area contributed by atoms with Crippen molar-refractivity contribution in [1.82, 2.24) is 14.2 Å². The molecule has 4 rings (SSSR count). The van der Waals surface area contributed by atoms with Gasteiger partial charge < -0.3 is 9.47 Å². The molecule has 0 radical (unpaired) electrons. The minimum atomic E-state index is -3.90. The van der Waals surface area contributed by atoms with E-state index < -0.39 is 16.0 Å². The maximum atomic E-state index is 13.4. The monoisotopic (exact) mass is 445 g/mol. The third-order valence-electron chi connectivity index (χ3n) is 6.12. The number of nitrogens with zero attached hydrogens (tertiary/aromatic N) is 3. The number of esters is 1. The number of carbonyl (C=O) groups excluding carboxylic acids is 1. The van der Waals surface area contributed by atoms with Gasteiger partial charge in [-0.1, -0.05) is 12.1 Å². The average Bonchev–Trinajstić information content (AvgIpc) is 2.79. The molecule has 0 N–H and O–H groups in total. The molecule has 1 aromatic heterocycles. The molecule has 0 aliphatic carbocycles. The highest BCUT2D eigenvalue weighted by molar-refractivity contribution is 7.89. The highest BCUT2D eigenvalue weighted by Crippen LogP contribution is 2.39. The second-order valence-corrected chi connectivity index (χ2v) is 10.1. The van der Waals surface area contributed by atoms with E-state index in [4.69, 9.17) is 9.47 Å². The van der Waals surface area contributed by atoms with Crippen LogP contribution >= 0.6 is 0 Å². The van der Waals surface area contributed by atoms with Crippen molar-refractivity contribution >= 4 is 16.0 Å². The molecule has 1 spiro atoms. The van der Waals surface area contributed by atoms with Crippen molar-refractivity contribution in [1.29, 1.82) is 0 Å². The van der Waals surface area contributed by atoms with Gasteiger partial charge in [-0.2, -0.15) is 4.31 Å². The molecule has 1 saturated heterocycles. The first-order valence-corrected chi connectivity index (χ1v) is 11.8. The molecular formula is C22H27N3O5S. The van der Waals surface area contributed by atoms with Gasteiger partial charge in [0.2, 0.25) is 10.0 Å². The van der Waals surface area contributed by atoms with Crippen LogP contribution in [0.25, 0.3) is 0 Å². The lowest BCUT2D eigenvalue weighted by Crippen LogP contribution is -2.52. The third kappa shape index (κ3) is 4.73. The van der Waals surface area contributed by atoms with Gasteiger partial charge in [0.25, 0.3) is 0 Å². The lowest BCUT2D eigenvalue weighted by molar-refractivity contribution is -0.141. The molecule has 0 atom stereocenters. The maximum absolute atomic E-state index is 13.4. The van der Waals surface area contributed by atoms with Crippen LogP contribution in [0, 0.1) is 5.41 Å². The highest BCUT2D eigenvalue weighted by Gasteiger charge is 2.43. The van der Waals surface area contributed by atoms with Crippen LogP contribution in [0.15, 0.2) is 53.7 Å². The Bertz CT molecular complexity index is 1020. The summed E-state index contributed by atoms with van der Waals surface area (Å²) in [6.45, 7) is 2.78. The summed E-state index contributed by atoms with van der Waals surface area (Å²) in [5.74, 6) is -0.247. The predicted molar refractivity (Wildman–Crippen MR) is 114 cm³/mol. The Labute approximate surface area is 182 Å². The summed E-state index contributed by atoms with van der Waals surface area (Å²) < 4.78 is 38.8. The Morgan fingerprint density at radius 2 is 1.87 bits per heavy atom. The summed E-state index contributed by atoms with van der Waals surface area (Å²) in [6.07, 6.45) is 5.12. The first kappa shape index (κ1) is 21.7. The van der Waals surface area contributed by atoms with Crippen molar-refractivity contribution in [3.63, 3.8) is 0 Å². The van der Waals surface area contributed by atoms with Crippen LogP contribution in [0.5, 0.6) is 5.75 Å². The summed E-state index contributed by atoms with van der Waals surface area (Å²) in [6, 6.07) is 10.6. The highest BCUT2D eigenvalue weighted by atomic mass is 32.2. The molecule has 0 amide bonds. The van der Waals surface area contributed by atoms with Crippen molar-refractivity contribution in [2.24, 2.45) is 5.41 Å². The second-order valence-electron chi connectivity index (χ2n) is 8.22. The molecule has 1 fully saturated rings. The minimum Gasteiger partial charge on any atom is -0.492 e. The Morgan fingerprint density at radius 1 is 1.16 bits per heavy atom. The summed E-state index contributed by atoms with van der Waals surface area (Å²) in [5, 5.41) is 0. The predicted octanol–water partition coefficient (Wildman–Crippen LogP) is 1.92. The number of benzene rings is 1. The van der Waals surface area contributed by atoms with Gasteiger partial charge >= 0.3 is 5.97 Å². The molecule has 0 unspecified atom stereocenters. The second kappa shape index (κ2) is 8.94. The molecule has 2 aliphatic rings. The quantitative estimate of drug-likeness (QED) is 0.664. The largest absolute Gasteiger partial charge is 0.492 e. The van der Waals surface area contributed by atoms with Crippen LogP contribution in [0.1, 0.15) is 18.4 Å². The van der Waals surface area contributed by atoms with Crippen molar-refractivity contribution in [2.45, 2.75) is 24.3 Å². The molecule has 8 nitrogen and oxygen atoms in total. The number of hydrogen-bond acceptors (Lipinski definition) is 7. The van der Waals surface area contributed by atoms with Gasteiger partial charge in [-0.3, -0.25) is 14.7 Å². The smallest absolute Gasteiger partial charge is 0.321 e. The van der Waals surface area contributed by atoms with Crippen molar-refractivity contribution < 1.29 is 22.7 Å². The van der Waals surface area contributed by atoms with E-state index in [1.54, 1.807) is 30.6 Å². The molecular weight excluding hydrogens is 418 g/mol. The van der Waals surface area contributed by atoms with Crippen molar-refractivity contribution in [3.05, 3.63) is 54.4 Å². The summed E-state index contributed by atoms with van der Waals surface area (Å²) in [7, 11) is -2.63. The van der Waals surface area contributed by atoms with Gasteiger partial charge in [0.1, 0.15) is 17.2 Å². The molecule has 0 bridgehead atoms. The van der Waals surface area contributed by atoms with Gasteiger partial charge in [0.05, 0.1) is 13.7 Å². The van der Waals surface area contributed by atoms with E-state index in [1.807, 2.05) is 12.1 Å². The number of carbonyl (C=O) groups is 1. The number of para-hydroxylation sites is 1. The SMILES string of the molecule is COC(=O)CN1CC2(CCN(Cc3ccncc3)CC2)COc2ccccc2S1(=O)=O. The first-order valence-electron chi connectivity index (χ1n) is 10.3. The number of ether oxygens (including phenoxy) is 2. The Hall–Kier alpha value is -2.49. The van der Waals surface area contributed by atoms with E-state index in [0.29, 0.717) is 12.4 Å². The van der Waals surface area contributed by atoms with Crippen LogP contribution in [0.4, 0.5) is 0 Å². The van der Waals surface area contributed by atoms with Crippen LogP contribution in [0.3, 0.4) is 0 Å². The molecule has 3 heterocycles. The average molecular weight is 446 g/mol. The summed E-state index contributed by atoms with van der Waals surface area (Å²) in [4.78, 5) is 18.5. The van der Waals surface area contributed by atoms with Gasteiger partial charge in [0.15, 0.2) is 0 Å². The number of methoxy groups -OCH3 is 1. The van der Waals surface area contributed by atoms with Crippen LogP contribution in [-0.4, -0.2) is 68.5 Å². The zero-order chi connectivity index (χ0) is 21.9. The van der Waals surface area contributed by atoms with Crippen LogP contribution in [-0.2, 0) is 26.1 Å². The van der Waals surface area contributed by atoms with Crippen LogP contribution in [0.2, 0.25) is 0 Å². The maximum Gasteiger partial charge on any atom is 0.321 e. The van der Waals surface area contributed by atoms with Gasteiger partial charge in [-0.05, 0) is 55.8 Å². The normalized spacial score (nSPS) is 20.8. The molecule has 0 saturated carbocycles. The van der Waals surface area contributed by atoms with E-state index in [1.165, 1.54) is 23.0 Å². The van der Waals surface area contributed by atoms with E-state index in [-0.39, 0.29) is 23.4 Å². The molecule has 31 heavy (non-hydrogen) atoms. The number of hydrogen-bond donors (Lipinski definition) is 0. The van der Waals surface area contributed by atoms with Crippen molar-refractivity contribution in [2.75, 3.05) is 39.9 Å². The zero-order valence-electron chi connectivity index (χ0n) is 17.6. The number of piperidine rings is 1. The number of pyridine rings is 1. The van der Waals surface area contributed by atoms with Crippen molar-refractivity contribution in [3.8, 4) is 5.75 Å². The zero-order valence-corrected chi connectivity index (χ0v) is 18.4. The fraction of sp³-hybridized carbons (Fsp3) is 0.455. The van der Waals surface area contributed by atoms with E-state index in [0.717, 1.165) is 32.5 Å². The molecule has 166 valence electrons. The Balaban J connectivity index is 1.57. The number of aromatic nitrogens is 1. The summed E-state index contributed by atoms with van der Waals surface area (Å²) >= 11 is 0. The lowest BCUT2D eigenvalue weighted by atomic mass is 9.78. The summed E-state index contributed by atoms with van der Waals surface area (Å²) in [5.41, 5.74) is 0.826. The van der Waals surface area contributed by atoms with Crippen LogP contribution < -0.4 is 4.74 Å². The first-order chi connectivity index (χ1) is 14.9. The Morgan fingerprint density at radius 3 is 2.58 bits per heavy atom. The number of rotatable bonds is 4. The number of fused-ring (bicyclic) bond motifs is 1. The molecule has 2 aromatic rings. The van der Waals surface area contributed by atoms with Gasteiger partial charge in [-0.25, -0.2) is 8.42 Å².